The van der Waals surface area contributed by atoms with E-state index in [9.17, 15) is 22.8 Å². The van der Waals surface area contributed by atoms with Gasteiger partial charge < -0.3 is 14.0 Å². The molecule has 0 N–H and O–H groups in total. The number of amides is 1. The Hall–Kier alpha value is -3.35. The van der Waals surface area contributed by atoms with Crippen molar-refractivity contribution in [3.63, 3.8) is 0 Å². The molecule has 0 aliphatic carbocycles. The normalized spacial score (nSPS) is 17.2. The number of aromatic nitrogens is 1. The van der Waals surface area contributed by atoms with Crippen LogP contribution in [-0.2, 0) is 35.6 Å². The van der Waals surface area contributed by atoms with Gasteiger partial charge in [-0.05, 0) is 43.2 Å². The smallest absolute Gasteiger partial charge is 0.337 e. The van der Waals surface area contributed by atoms with Gasteiger partial charge in [0, 0.05) is 13.1 Å². The predicted octanol–water partition coefficient (Wildman–Crippen LogP) is 2.19. The summed E-state index contributed by atoms with van der Waals surface area (Å²) in [5, 5.41) is 0. The highest BCUT2D eigenvalue weighted by atomic mass is 32.2. The number of ether oxygens (including phenoxy) is 2. The summed E-state index contributed by atoms with van der Waals surface area (Å²) >= 11 is 1.14. The number of rotatable bonds is 6. The molecule has 12 heteroatoms. The molecule has 1 amide bonds. The van der Waals surface area contributed by atoms with Gasteiger partial charge >= 0.3 is 11.9 Å². The first-order valence-electron chi connectivity index (χ1n) is 11.2. The first kappa shape index (κ1) is 25.7. The number of hydrogen-bond donors (Lipinski definition) is 0. The molecular weight excluding hydrogens is 506 g/mol. The number of carbonyl (C=O) groups is 3. The second-order valence-electron chi connectivity index (χ2n) is 8.19. The Morgan fingerprint density at radius 3 is 2.53 bits per heavy atom. The Kier molecular flexibility index (Phi) is 7.67. The van der Waals surface area contributed by atoms with E-state index >= 15 is 0 Å². The second-order valence-corrected chi connectivity index (χ2v) is 11.1. The number of benzene rings is 2. The van der Waals surface area contributed by atoms with Crippen LogP contribution in [0.5, 0.6) is 0 Å². The highest BCUT2D eigenvalue weighted by molar-refractivity contribution is 7.89. The zero-order valence-electron chi connectivity index (χ0n) is 19.7. The zero-order chi connectivity index (χ0) is 25.9. The van der Waals surface area contributed by atoms with Gasteiger partial charge in [0.15, 0.2) is 4.80 Å². The monoisotopic (exact) mass is 531 g/mol. The number of thiazole rings is 1. The second kappa shape index (κ2) is 10.7. The van der Waals surface area contributed by atoms with Gasteiger partial charge in [-0.2, -0.15) is 9.30 Å². The third kappa shape index (κ3) is 5.25. The molecule has 2 heterocycles. The quantitative estimate of drug-likeness (QED) is 0.447. The molecule has 1 unspecified atom stereocenters. The Morgan fingerprint density at radius 1 is 1.08 bits per heavy atom. The zero-order valence-corrected chi connectivity index (χ0v) is 21.4. The standard InChI is InChI=1S/C24H25N3O7S2/c1-33-21(28)15-27-19-11-10-16(23(30)34-2)13-20(19)35-24(27)25-22(29)17-7-6-12-26(14-17)36(31,32)18-8-4-3-5-9-18/h3-5,8-11,13,17H,6-7,12,14-15H2,1-2H3. The lowest BCUT2D eigenvalue weighted by Crippen LogP contribution is -2.42. The van der Waals surface area contributed by atoms with Gasteiger partial charge in [-0.1, -0.05) is 29.5 Å². The van der Waals surface area contributed by atoms with E-state index in [0.717, 1.165) is 11.3 Å². The van der Waals surface area contributed by atoms with Gasteiger partial charge in [-0.25, -0.2) is 13.2 Å². The van der Waals surface area contributed by atoms with E-state index in [1.165, 1.54) is 30.7 Å². The molecule has 3 aromatic rings. The van der Waals surface area contributed by atoms with Crippen LogP contribution in [0, 0.1) is 5.92 Å². The van der Waals surface area contributed by atoms with Gasteiger partial charge in [0.1, 0.15) is 6.54 Å². The maximum atomic E-state index is 13.2. The van der Waals surface area contributed by atoms with Crippen LogP contribution in [0.4, 0.5) is 0 Å². The summed E-state index contributed by atoms with van der Waals surface area (Å²) in [7, 11) is -1.19. The Morgan fingerprint density at radius 2 is 1.83 bits per heavy atom. The SMILES string of the molecule is COC(=O)Cn1c(=NC(=O)C2CCCN(S(=O)(=O)c3ccccc3)C2)sc2cc(C(=O)OC)ccc21. The fourth-order valence-corrected chi connectivity index (χ4v) is 6.66. The Bertz CT molecular complexity index is 1480. The fraction of sp³-hybridized carbons (Fsp3) is 0.333. The third-order valence-electron chi connectivity index (χ3n) is 5.94. The van der Waals surface area contributed by atoms with Crippen molar-refractivity contribution in [3.05, 3.63) is 58.9 Å². The molecule has 4 rings (SSSR count). The lowest BCUT2D eigenvalue weighted by atomic mass is 9.99. The maximum absolute atomic E-state index is 13.2. The molecule has 2 aromatic carbocycles. The van der Waals surface area contributed by atoms with Crippen molar-refractivity contribution in [2.75, 3.05) is 27.3 Å². The summed E-state index contributed by atoms with van der Waals surface area (Å²) in [6.45, 7) is 0.163. The van der Waals surface area contributed by atoms with Gasteiger partial charge in [-0.3, -0.25) is 9.59 Å². The van der Waals surface area contributed by atoms with Crippen LogP contribution in [0.25, 0.3) is 10.2 Å². The molecule has 1 aliphatic heterocycles. The predicted molar refractivity (Wildman–Crippen MR) is 132 cm³/mol. The van der Waals surface area contributed by atoms with E-state index in [1.807, 2.05) is 0 Å². The van der Waals surface area contributed by atoms with Crippen LogP contribution >= 0.6 is 11.3 Å². The van der Waals surface area contributed by atoms with Crippen LogP contribution in [-0.4, -0.2) is 62.4 Å². The molecule has 0 spiro atoms. The van der Waals surface area contributed by atoms with Crippen molar-refractivity contribution >= 4 is 49.4 Å². The molecule has 1 saturated heterocycles. The molecular formula is C24H25N3O7S2. The van der Waals surface area contributed by atoms with E-state index in [0.29, 0.717) is 35.2 Å². The minimum atomic E-state index is -3.73. The van der Waals surface area contributed by atoms with E-state index in [2.05, 4.69) is 4.99 Å². The molecule has 0 radical (unpaired) electrons. The van der Waals surface area contributed by atoms with Crippen molar-refractivity contribution in [3.8, 4) is 0 Å². The molecule has 190 valence electrons. The van der Waals surface area contributed by atoms with Crippen LogP contribution in [0.2, 0.25) is 0 Å². The van der Waals surface area contributed by atoms with E-state index in [4.69, 9.17) is 9.47 Å². The highest BCUT2D eigenvalue weighted by Gasteiger charge is 2.33. The van der Waals surface area contributed by atoms with Crippen molar-refractivity contribution in [2.45, 2.75) is 24.3 Å². The number of esters is 2. The Balaban J connectivity index is 1.67. The molecule has 0 saturated carbocycles. The summed E-state index contributed by atoms with van der Waals surface area (Å²) in [4.78, 5) is 41.9. The fourth-order valence-electron chi connectivity index (χ4n) is 4.04. The number of piperidine rings is 1. The molecule has 1 atom stereocenters. The van der Waals surface area contributed by atoms with Crippen LogP contribution in [0.15, 0.2) is 58.4 Å². The van der Waals surface area contributed by atoms with Crippen molar-refractivity contribution in [1.82, 2.24) is 8.87 Å². The van der Waals surface area contributed by atoms with Crippen LogP contribution in [0.1, 0.15) is 23.2 Å². The lowest BCUT2D eigenvalue weighted by Gasteiger charge is -2.30. The molecule has 0 bridgehead atoms. The van der Waals surface area contributed by atoms with Gasteiger partial charge in [0.05, 0.1) is 40.8 Å². The van der Waals surface area contributed by atoms with Crippen molar-refractivity contribution in [1.29, 1.82) is 0 Å². The lowest BCUT2D eigenvalue weighted by molar-refractivity contribution is -0.141. The Labute approximate surface area is 211 Å². The van der Waals surface area contributed by atoms with Crippen LogP contribution < -0.4 is 4.80 Å². The highest BCUT2D eigenvalue weighted by Crippen LogP contribution is 2.25. The minimum absolute atomic E-state index is 0.0218. The first-order chi connectivity index (χ1) is 17.2. The molecule has 1 aromatic heterocycles. The third-order valence-corrected chi connectivity index (χ3v) is 8.86. The number of hydrogen-bond acceptors (Lipinski definition) is 8. The number of carbonyl (C=O) groups excluding carboxylic acids is 3. The van der Waals surface area contributed by atoms with Crippen molar-refractivity contribution < 1.29 is 32.3 Å². The number of fused-ring (bicyclic) bond motifs is 1. The summed E-state index contributed by atoms with van der Waals surface area (Å²) in [6.07, 6.45) is 1.02. The molecule has 10 nitrogen and oxygen atoms in total. The molecule has 1 aliphatic rings. The summed E-state index contributed by atoms with van der Waals surface area (Å²) < 4.78 is 39.1. The minimum Gasteiger partial charge on any atom is -0.468 e. The molecule has 36 heavy (non-hydrogen) atoms. The first-order valence-corrected chi connectivity index (χ1v) is 13.4. The largest absolute Gasteiger partial charge is 0.468 e. The van der Waals surface area contributed by atoms with E-state index in [-0.39, 0.29) is 22.8 Å². The van der Waals surface area contributed by atoms with Crippen LogP contribution in [0.3, 0.4) is 0 Å². The van der Waals surface area contributed by atoms with Gasteiger partial charge in [0.25, 0.3) is 5.91 Å². The average molecular weight is 532 g/mol. The summed E-state index contributed by atoms with van der Waals surface area (Å²) in [5.74, 6) is -2.14. The summed E-state index contributed by atoms with van der Waals surface area (Å²) in [5.41, 5.74) is 0.921. The summed E-state index contributed by atoms with van der Waals surface area (Å²) in [6, 6.07) is 12.9. The van der Waals surface area contributed by atoms with E-state index in [1.54, 1.807) is 41.0 Å². The van der Waals surface area contributed by atoms with E-state index < -0.39 is 33.8 Å². The van der Waals surface area contributed by atoms with Gasteiger partial charge in [-0.15, -0.1) is 0 Å². The number of sulfonamides is 1. The topological polar surface area (TPSA) is 124 Å². The maximum Gasteiger partial charge on any atom is 0.337 e. The number of methoxy groups -OCH3 is 2. The number of nitrogens with zero attached hydrogens (tertiary/aromatic N) is 3. The van der Waals surface area contributed by atoms with Crippen molar-refractivity contribution in [2.24, 2.45) is 10.9 Å². The average Bonchev–Trinajstić information content (AvgIpc) is 3.24. The molecule has 1 fully saturated rings. The van der Waals surface area contributed by atoms with Gasteiger partial charge in [0.2, 0.25) is 10.0 Å².